The topological polar surface area (TPSA) is 85.8 Å². The minimum atomic E-state index is -0.297. The summed E-state index contributed by atoms with van der Waals surface area (Å²) >= 11 is 0. The molecule has 0 fully saturated rings. The Kier molecular flexibility index (Phi) is 3.57. The summed E-state index contributed by atoms with van der Waals surface area (Å²) in [6, 6.07) is 9.74. The molecular weight excluding hydrogens is 230 g/mol. The second-order valence-electron chi connectivity index (χ2n) is 3.83. The Balaban J connectivity index is 2.18. The first-order valence-corrected chi connectivity index (χ1v) is 5.73. The van der Waals surface area contributed by atoms with Crippen LogP contribution in [0.15, 0.2) is 30.3 Å². The molecule has 18 heavy (non-hydrogen) atoms. The minimum absolute atomic E-state index is 0.174. The lowest BCUT2D eigenvalue weighted by Crippen LogP contribution is -2.24. The highest BCUT2D eigenvalue weighted by molar-refractivity contribution is 5.96. The van der Waals surface area contributed by atoms with E-state index >= 15 is 0 Å². The fourth-order valence-corrected chi connectivity index (χ4v) is 1.60. The van der Waals surface area contributed by atoms with Gasteiger partial charge in [0.25, 0.3) is 5.91 Å². The van der Waals surface area contributed by atoms with E-state index in [0.717, 1.165) is 5.56 Å². The van der Waals surface area contributed by atoms with Crippen molar-refractivity contribution in [1.29, 1.82) is 0 Å². The Morgan fingerprint density at radius 2 is 2.11 bits per heavy atom. The average molecular weight is 245 g/mol. The van der Waals surface area contributed by atoms with E-state index in [2.05, 4.69) is 15.6 Å². The molecule has 0 saturated carbocycles. The molecule has 2 aromatic rings. The van der Waals surface area contributed by atoms with Gasteiger partial charge in [0.2, 0.25) is 0 Å². The predicted molar refractivity (Wildman–Crippen MR) is 68.0 cm³/mol. The Morgan fingerprint density at radius 3 is 2.78 bits per heavy atom. The lowest BCUT2D eigenvalue weighted by Gasteiger charge is -2.03. The van der Waals surface area contributed by atoms with Crippen LogP contribution in [-0.4, -0.2) is 27.4 Å². The summed E-state index contributed by atoms with van der Waals surface area (Å²) in [7, 11) is 0. The smallest absolute Gasteiger partial charge is 0.275 e. The Labute approximate surface area is 105 Å². The number of amides is 1. The van der Waals surface area contributed by atoms with Crippen LogP contribution < -0.4 is 11.1 Å². The van der Waals surface area contributed by atoms with Crippen molar-refractivity contribution < 1.29 is 4.79 Å². The molecule has 0 saturated heterocycles. The average Bonchev–Trinajstić information content (AvgIpc) is 2.73. The fraction of sp³-hybridized carbons (Fsp3) is 0.250. The van der Waals surface area contributed by atoms with Crippen molar-refractivity contribution >= 4 is 11.7 Å². The molecule has 94 valence electrons. The number of carbonyl (C=O) groups is 1. The quantitative estimate of drug-likeness (QED) is 0.828. The number of aromatic nitrogens is 3. The molecule has 6 heteroatoms. The number of carbonyl (C=O) groups excluding carboxylic acids is 1. The van der Waals surface area contributed by atoms with Gasteiger partial charge in [-0.15, -0.1) is 5.10 Å². The van der Waals surface area contributed by atoms with E-state index in [1.165, 1.54) is 4.68 Å². The van der Waals surface area contributed by atoms with Gasteiger partial charge in [0, 0.05) is 6.54 Å². The molecule has 1 amide bonds. The van der Waals surface area contributed by atoms with Gasteiger partial charge >= 0.3 is 0 Å². The Morgan fingerprint density at radius 1 is 1.39 bits per heavy atom. The highest BCUT2D eigenvalue weighted by atomic mass is 16.2. The normalized spacial score (nSPS) is 10.3. The van der Waals surface area contributed by atoms with E-state index < -0.39 is 0 Å². The molecule has 2 rings (SSSR count). The predicted octanol–water partition coefficient (Wildman–Crippen LogP) is 0.658. The fourth-order valence-electron chi connectivity index (χ4n) is 1.60. The summed E-state index contributed by atoms with van der Waals surface area (Å²) in [5.41, 5.74) is 7.09. The van der Waals surface area contributed by atoms with Gasteiger partial charge in [-0.1, -0.05) is 35.5 Å². The van der Waals surface area contributed by atoms with E-state index in [9.17, 15) is 4.79 Å². The maximum absolute atomic E-state index is 11.6. The molecular formula is C12H15N5O. The van der Waals surface area contributed by atoms with Crippen molar-refractivity contribution in [3.8, 4) is 0 Å². The largest absolute Gasteiger partial charge is 0.382 e. The van der Waals surface area contributed by atoms with Crippen LogP contribution in [0.5, 0.6) is 0 Å². The van der Waals surface area contributed by atoms with Crippen molar-refractivity contribution in [2.75, 3.05) is 12.3 Å². The maximum Gasteiger partial charge on any atom is 0.275 e. The van der Waals surface area contributed by atoms with Crippen LogP contribution in [0, 0.1) is 0 Å². The molecule has 0 bridgehead atoms. The molecule has 1 heterocycles. The van der Waals surface area contributed by atoms with Gasteiger partial charge < -0.3 is 11.1 Å². The number of hydrogen-bond acceptors (Lipinski definition) is 4. The number of nitrogens with zero attached hydrogens (tertiary/aromatic N) is 3. The van der Waals surface area contributed by atoms with E-state index in [0.29, 0.717) is 13.1 Å². The van der Waals surface area contributed by atoms with Gasteiger partial charge in [-0.3, -0.25) is 4.79 Å². The number of nitrogens with two attached hydrogens (primary N) is 1. The van der Waals surface area contributed by atoms with Crippen molar-refractivity contribution in [3.63, 3.8) is 0 Å². The van der Waals surface area contributed by atoms with Crippen LogP contribution in [-0.2, 0) is 6.54 Å². The maximum atomic E-state index is 11.6. The summed E-state index contributed by atoms with van der Waals surface area (Å²) in [6.45, 7) is 2.87. The Bertz CT molecular complexity index is 535. The molecule has 1 aromatic heterocycles. The van der Waals surface area contributed by atoms with Crippen LogP contribution >= 0.6 is 0 Å². The number of rotatable bonds is 4. The first-order valence-electron chi connectivity index (χ1n) is 5.73. The molecule has 0 atom stereocenters. The number of benzene rings is 1. The summed E-state index contributed by atoms with van der Waals surface area (Å²) < 4.78 is 1.51. The zero-order chi connectivity index (χ0) is 13.0. The van der Waals surface area contributed by atoms with E-state index in [4.69, 9.17) is 5.73 Å². The van der Waals surface area contributed by atoms with Crippen LogP contribution in [0.3, 0.4) is 0 Å². The van der Waals surface area contributed by atoms with Crippen molar-refractivity contribution in [1.82, 2.24) is 20.3 Å². The third-order valence-corrected chi connectivity index (χ3v) is 2.50. The molecule has 3 N–H and O–H groups in total. The highest BCUT2D eigenvalue weighted by Gasteiger charge is 2.16. The zero-order valence-corrected chi connectivity index (χ0v) is 10.1. The lowest BCUT2D eigenvalue weighted by molar-refractivity contribution is 0.0951. The van der Waals surface area contributed by atoms with Crippen molar-refractivity contribution in [2.45, 2.75) is 13.5 Å². The van der Waals surface area contributed by atoms with Gasteiger partial charge in [0.15, 0.2) is 11.5 Å². The summed E-state index contributed by atoms with van der Waals surface area (Å²) in [6.07, 6.45) is 0. The zero-order valence-electron chi connectivity index (χ0n) is 10.1. The standard InChI is InChI=1S/C12H15N5O/c1-2-14-12(18)10-11(13)17(16-15-10)8-9-6-4-3-5-7-9/h3-7H,2,8,13H2,1H3,(H,14,18). The lowest BCUT2D eigenvalue weighted by atomic mass is 10.2. The second kappa shape index (κ2) is 5.31. The van der Waals surface area contributed by atoms with Crippen LogP contribution in [0.1, 0.15) is 23.0 Å². The van der Waals surface area contributed by atoms with Gasteiger partial charge in [0.05, 0.1) is 6.54 Å². The molecule has 0 aliphatic carbocycles. The van der Waals surface area contributed by atoms with Gasteiger partial charge in [0.1, 0.15) is 0 Å². The summed E-state index contributed by atoms with van der Waals surface area (Å²) in [4.78, 5) is 11.6. The number of nitrogens with one attached hydrogen (secondary N) is 1. The van der Waals surface area contributed by atoms with Crippen LogP contribution in [0.2, 0.25) is 0 Å². The summed E-state index contributed by atoms with van der Waals surface area (Å²) in [5.74, 6) is -0.0147. The van der Waals surface area contributed by atoms with E-state index in [-0.39, 0.29) is 17.4 Å². The molecule has 1 aromatic carbocycles. The number of anilines is 1. The van der Waals surface area contributed by atoms with Gasteiger partial charge in [-0.25, -0.2) is 4.68 Å². The third kappa shape index (κ3) is 2.48. The number of nitrogen functional groups attached to an aromatic ring is 1. The van der Waals surface area contributed by atoms with Crippen molar-refractivity contribution in [2.24, 2.45) is 0 Å². The van der Waals surface area contributed by atoms with E-state index in [1.807, 2.05) is 37.3 Å². The minimum Gasteiger partial charge on any atom is -0.382 e. The molecule has 0 radical (unpaired) electrons. The third-order valence-electron chi connectivity index (χ3n) is 2.50. The van der Waals surface area contributed by atoms with Gasteiger partial charge in [-0.2, -0.15) is 0 Å². The first-order chi connectivity index (χ1) is 8.72. The van der Waals surface area contributed by atoms with Crippen molar-refractivity contribution in [3.05, 3.63) is 41.6 Å². The van der Waals surface area contributed by atoms with E-state index in [1.54, 1.807) is 0 Å². The molecule has 0 aliphatic rings. The molecule has 6 nitrogen and oxygen atoms in total. The molecule has 0 unspecified atom stereocenters. The monoisotopic (exact) mass is 245 g/mol. The SMILES string of the molecule is CCNC(=O)c1nnn(Cc2ccccc2)c1N. The molecule has 0 spiro atoms. The highest BCUT2D eigenvalue weighted by Crippen LogP contribution is 2.10. The second-order valence-corrected chi connectivity index (χ2v) is 3.83. The number of hydrogen-bond donors (Lipinski definition) is 2. The van der Waals surface area contributed by atoms with Crippen LogP contribution in [0.25, 0.3) is 0 Å². The first kappa shape index (κ1) is 12.1. The van der Waals surface area contributed by atoms with Crippen LogP contribution in [0.4, 0.5) is 5.82 Å². The Hall–Kier alpha value is -2.37. The molecule has 0 aliphatic heterocycles. The summed E-state index contributed by atoms with van der Waals surface area (Å²) in [5, 5.41) is 10.3. The van der Waals surface area contributed by atoms with Gasteiger partial charge in [-0.05, 0) is 12.5 Å².